The molecule has 0 radical (unpaired) electrons. The van der Waals surface area contributed by atoms with Gasteiger partial charge < -0.3 is 15.4 Å². The van der Waals surface area contributed by atoms with Crippen molar-refractivity contribution >= 4 is 11.9 Å². The molecule has 1 aromatic rings. The lowest BCUT2D eigenvalue weighted by molar-refractivity contribution is -0.141. The summed E-state index contributed by atoms with van der Waals surface area (Å²) in [5.41, 5.74) is 0.623. The van der Waals surface area contributed by atoms with E-state index in [4.69, 9.17) is 10.4 Å². The number of aliphatic carboxylic acids is 1. The minimum absolute atomic E-state index is 0.00323. The van der Waals surface area contributed by atoms with Crippen LogP contribution in [0, 0.1) is 11.3 Å². The number of imidazole rings is 1. The molecule has 1 aromatic heterocycles. The van der Waals surface area contributed by atoms with Crippen LogP contribution in [0.15, 0.2) is 12.5 Å². The third-order valence-corrected chi connectivity index (χ3v) is 2.08. The molecule has 7 nitrogen and oxygen atoms in total. The molecule has 90 valence electrons. The van der Waals surface area contributed by atoms with E-state index in [1.54, 1.807) is 0 Å². The molecular weight excluding hydrogens is 224 g/mol. The maximum Gasteiger partial charge on any atom is 0.326 e. The van der Waals surface area contributed by atoms with Crippen LogP contribution in [0.4, 0.5) is 0 Å². The number of hydrogen-bond acceptors (Lipinski definition) is 4. The number of aromatic amines is 1. The molecule has 1 atom stereocenters. The van der Waals surface area contributed by atoms with Crippen molar-refractivity contribution < 1.29 is 14.7 Å². The molecule has 0 fully saturated rings. The summed E-state index contributed by atoms with van der Waals surface area (Å²) in [4.78, 5) is 28.7. The summed E-state index contributed by atoms with van der Waals surface area (Å²) in [6.07, 6.45) is 3.14. The predicted molar refractivity (Wildman–Crippen MR) is 56.7 cm³/mol. The number of H-pyrrole nitrogens is 1. The number of nitrogens with one attached hydrogen (secondary N) is 2. The first-order chi connectivity index (χ1) is 8.13. The smallest absolute Gasteiger partial charge is 0.326 e. The van der Waals surface area contributed by atoms with Gasteiger partial charge in [-0.05, 0) is 0 Å². The van der Waals surface area contributed by atoms with Gasteiger partial charge in [-0.15, -0.1) is 0 Å². The van der Waals surface area contributed by atoms with Crippen molar-refractivity contribution in [3.05, 3.63) is 18.2 Å². The Morgan fingerprint density at radius 3 is 2.94 bits per heavy atom. The number of carboxylic acids is 1. The van der Waals surface area contributed by atoms with E-state index in [1.807, 2.05) is 6.07 Å². The van der Waals surface area contributed by atoms with E-state index in [-0.39, 0.29) is 19.3 Å². The van der Waals surface area contributed by atoms with Crippen molar-refractivity contribution in [1.29, 1.82) is 5.26 Å². The first-order valence-corrected chi connectivity index (χ1v) is 5.00. The van der Waals surface area contributed by atoms with Gasteiger partial charge in [-0.1, -0.05) is 0 Å². The van der Waals surface area contributed by atoms with Crippen LogP contribution in [0.1, 0.15) is 18.5 Å². The van der Waals surface area contributed by atoms with Gasteiger partial charge in [-0.2, -0.15) is 5.26 Å². The van der Waals surface area contributed by atoms with Gasteiger partial charge in [0.25, 0.3) is 0 Å². The van der Waals surface area contributed by atoms with E-state index in [2.05, 4.69) is 15.3 Å². The minimum Gasteiger partial charge on any atom is -0.480 e. The third-order valence-electron chi connectivity index (χ3n) is 2.08. The molecule has 0 aliphatic rings. The summed E-state index contributed by atoms with van der Waals surface area (Å²) in [6, 6.07) is 0.810. The van der Waals surface area contributed by atoms with Crippen LogP contribution < -0.4 is 5.32 Å². The Kier molecular flexibility index (Phi) is 4.69. The predicted octanol–water partition coefficient (Wildman–Crippen LogP) is -0.175. The fourth-order valence-electron chi connectivity index (χ4n) is 1.25. The van der Waals surface area contributed by atoms with Crippen molar-refractivity contribution in [2.24, 2.45) is 0 Å². The number of amides is 1. The van der Waals surface area contributed by atoms with Gasteiger partial charge in [0.2, 0.25) is 5.91 Å². The molecule has 0 aliphatic heterocycles. The van der Waals surface area contributed by atoms with E-state index in [9.17, 15) is 9.59 Å². The Balaban J connectivity index is 2.52. The van der Waals surface area contributed by atoms with Crippen LogP contribution in [0.2, 0.25) is 0 Å². The maximum atomic E-state index is 11.3. The van der Waals surface area contributed by atoms with Gasteiger partial charge in [0.05, 0.1) is 12.4 Å². The van der Waals surface area contributed by atoms with Gasteiger partial charge in [-0.3, -0.25) is 4.79 Å². The highest BCUT2D eigenvalue weighted by Gasteiger charge is 2.20. The minimum atomic E-state index is -1.12. The van der Waals surface area contributed by atoms with Crippen molar-refractivity contribution in [2.75, 3.05) is 0 Å². The average molecular weight is 236 g/mol. The summed E-state index contributed by atoms with van der Waals surface area (Å²) in [5, 5.41) is 19.6. The van der Waals surface area contributed by atoms with Crippen molar-refractivity contribution in [2.45, 2.75) is 25.3 Å². The molecule has 0 bridgehead atoms. The third kappa shape index (κ3) is 4.34. The second kappa shape index (κ2) is 6.27. The zero-order valence-corrected chi connectivity index (χ0v) is 9.01. The van der Waals surface area contributed by atoms with Gasteiger partial charge in [-0.25, -0.2) is 9.78 Å². The summed E-state index contributed by atoms with van der Waals surface area (Å²) in [7, 11) is 0. The molecule has 0 saturated heterocycles. The monoisotopic (exact) mass is 236 g/mol. The summed E-state index contributed by atoms with van der Waals surface area (Å²) >= 11 is 0. The molecule has 17 heavy (non-hydrogen) atoms. The molecule has 0 aromatic carbocycles. The van der Waals surface area contributed by atoms with Gasteiger partial charge >= 0.3 is 5.97 Å². The molecule has 1 heterocycles. The molecule has 0 spiro atoms. The van der Waals surface area contributed by atoms with E-state index in [0.717, 1.165) is 0 Å². The number of carbonyl (C=O) groups excluding carboxylic acids is 1. The Labute approximate surface area is 97.5 Å². The standard InChI is InChI=1S/C10H12N4O3/c11-3-1-2-9(15)14-8(10(16)17)4-7-5-12-6-13-7/h5-6,8H,1-2,4H2,(H,12,13)(H,14,15)(H,16,17). The SMILES string of the molecule is N#CCCC(=O)NC(Cc1cnc[nH]1)C(=O)O. The molecule has 3 N–H and O–H groups in total. The lowest BCUT2D eigenvalue weighted by Gasteiger charge is -2.12. The van der Waals surface area contributed by atoms with E-state index >= 15 is 0 Å². The fourth-order valence-corrected chi connectivity index (χ4v) is 1.25. The summed E-state index contributed by atoms with van der Waals surface area (Å²) in [5.74, 6) is -1.57. The number of nitriles is 1. The fraction of sp³-hybridized carbons (Fsp3) is 0.400. The second-order valence-electron chi connectivity index (χ2n) is 3.40. The van der Waals surface area contributed by atoms with Crippen molar-refractivity contribution in [3.8, 4) is 6.07 Å². The zero-order valence-electron chi connectivity index (χ0n) is 9.01. The zero-order chi connectivity index (χ0) is 12.7. The van der Waals surface area contributed by atoms with Crippen LogP contribution >= 0.6 is 0 Å². The van der Waals surface area contributed by atoms with Crippen LogP contribution in [-0.2, 0) is 16.0 Å². The Morgan fingerprint density at radius 2 is 2.41 bits per heavy atom. The Morgan fingerprint density at radius 1 is 1.65 bits per heavy atom. The molecule has 0 aliphatic carbocycles. The molecule has 0 saturated carbocycles. The molecular formula is C10H12N4O3. The average Bonchev–Trinajstić information content (AvgIpc) is 2.78. The first-order valence-electron chi connectivity index (χ1n) is 5.00. The Hall–Kier alpha value is -2.36. The highest BCUT2D eigenvalue weighted by molar-refractivity contribution is 5.83. The number of nitrogens with zero attached hydrogens (tertiary/aromatic N) is 2. The lowest BCUT2D eigenvalue weighted by atomic mass is 10.1. The van der Waals surface area contributed by atoms with Gasteiger partial charge in [0, 0.05) is 31.2 Å². The van der Waals surface area contributed by atoms with E-state index in [1.165, 1.54) is 12.5 Å². The van der Waals surface area contributed by atoms with E-state index < -0.39 is 17.9 Å². The number of carboxylic acid groups (broad SMARTS) is 1. The van der Waals surface area contributed by atoms with Crippen LogP contribution in [-0.4, -0.2) is 33.0 Å². The number of carbonyl (C=O) groups is 2. The van der Waals surface area contributed by atoms with Crippen molar-refractivity contribution in [3.63, 3.8) is 0 Å². The second-order valence-corrected chi connectivity index (χ2v) is 3.40. The Bertz CT molecular complexity index is 421. The van der Waals surface area contributed by atoms with Crippen molar-refractivity contribution in [1.82, 2.24) is 15.3 Å². The highest BCUT2D eigenvalue weighted by atomic mass is 16.4. The summed E-state index contributed by atoms with van der Waals surface area (Å²) < 4.78 is 0. The molecule has 7 heteroatoms. The number of hydrogen-bond donors (Lipinski definition) is 3. The van der Waals surface area contributed by atoms with Crippen LogP contribution in [0.3, 0.4) is 0 Å². The topological polar surface area (TPSA) is 119 Å². The van der Waals surface area contributed by atoms with Crippen LogP contribution in [0.25, 0.3) is 0 Å². The highest BCUT2D eigenvalue weighted by Crippen LogP contribution is 2.00. The normalized spacial score (nSPS) is 11.5. The molecule has 1 rings (SSSR count). The lowest BCUT2D eigenvalue weighted by Crippen LogP contribution is -2.42. The van der Waals surface area contributed by atoms with E-state index in [0.29, 0.717) is 5.69 Å². The van der Waals surface area contributed by atoms with Crippen LogP contribution in [0.5, 0.6) is 0 Å². The largest absolute Gasteiger partial charge is 0.480 e. The summed E-state index contributed by atoms with van der Waals surface area (Å²) in [6.45, 7) is 0. The molecule has 1 unspecified atom stereocenters. The van der Waals surface area contributed by atoms with Gasteiger partial charge in [0.1, 0.15) is 6.04 Å². The first kappa shape index (κ1) is 12.7. The number of aromatic nitrogens is 2. The van der Waals surface area contributed by atoms with Gasteiger partial charge in [0.15, 0.2) is 0 Å². The quantitative estimate of drug-likeness (QED) is 0.633. The molecule has 1 amide bonds. The number of rotatable bonds is 6. The maximum absolute atomic E-state index is 11.3.